The molecule has 23 heavy (non-hydrogen) atoms. The van der Waals surface area contributed by atoms with Gasteiger partial charge < -0.3 is 14.6 Å². The first-order valence-electron chi connectivity index (χ1n) is 7.26. The SMILES string of the molecule is CCCOc1ccc(/C(O)=C\C(=O)C(=O)OC)c2ccccc12. The van der Waals surface area contributed by atoms with Crippen LogP contribution in [-0.2, 0) is 14.3 Å². The van der Waals surface area contributed by atoms with Crippen LogP contribution in [0.2, 0.25) is 0 Å². The predicted molar refractivity (Wildman–Crippen MR) is 87.4 cm³/mol. The maximum atomic E-state index is 11.6. The van der Waals surface area contributed by atoms with Gasteiger partial charge in [0.25, 0.3) is 5.78 Å². The summed E-state index contributed by atoms with van der Waals surface area (Å²) >= 11 is 0. The molecule has 0 bridgehead atoms. The van der Waals surface area contributed by atoms with Gasteiger partial charge in [-0.2, -0.15) is 0 Å². The van der Waals surface area contributed by atoms with E-state index in [2.05, 4.69) is 4.74 Å². The van der Waals surface area contributed by atoms with Crippen LogP contribution in [0.3, 0.4) is 0 Å². The van der Waals surface area contributed by atoms with Crippen molar-refractivity contribution in [3.8, 4) is 5.75 Å². The van der Waals surface area contributed by atoms with Crippen LogP contribution in [0.1, 0.15) is 18.9 Å². The average Bonchev–Trinajstić information content (AvgIpc) is 2.58. The number of hydrogen-bond acceptors (Lipinski definition) is 5. The van der Waals surface area contributed by atoms with E-state index in [1.807, 2.05) is 31.2 Å². The molecule has 0 saturated carbocycles. The molecule has 0 saturated heterocycles. The van der Waals surface area contributed by atoms with Gasteiger partial charge in [-0.1, -0.05) is 31.2 Å². The molecule has 120 valence electrons. The van der Waals surface area contributed by atoms with Crippen LogP contribution in [0, 0.1) is 0 Å². The Morgan fingerprint density at radius 2 is 1.83 bits per heavy atom. The van der Waals surface area contributed by atoms with Crippen LogP contribution in [-0.4, -0.2) is 30.6 Å². The molecule has 0 atom stereocenters. The minimum Gasteiger partial charge on any atom is -0.507 e. The summed E-state index contributed by atoms with van der Waals surface area (Å²) in [6.07, 6.45) is 1.75. The molecule has 0 fully saturated rings. The molecule has 0 heterocycles. The Hall–Kier alpha value is -2.82. The van der Waals surface area contributed by atoms with Gasteiger partial charge in [0.05, 0.1) is 13.7 Å². The Kier molecular flexibility index (Phi) is 5.36. The monoisotopic (exact) mass is 314 g/mol. The summed E-state index contributed by atoms with van der Waals surface area (Å²) in [4.78, 5) is 22.7. The summed E-state index contributed by atoms with van der Waals surface area (Å²) in [6.45, 7) is 2.61. The molecule has 0 aliphatic carbocycles. The van der Waals surface area contributed by atoms with Crippen LogP contribution in [0.25, 0.3) is 16.5 Å². The molecule has 0 amide bonds. The van der Waals surface area contributed by atoms with Gasteiger partial charge in [0.2, 0.25) is 0 Å². The van der Waals surface area contributed by atoms with Crippen molar-refractivity contribution in [2.24, 2.45) is 0 Å². The fourth-order valence-corrected chi connectivity index (χ4v) is 2.19. The van der Waals surface area contributed by atoms with Gasteiger partial charge in [-0.3, -0.25) is 4.79 Å². The molecule has 0 aromatic heterocycles. The minimum absolute atomic E-state index is 0.293. The van der Waals surface area contributed by atoms with Crippen LogP contribution in [0.15, 0.2) is 42.5 Å². The molecular formula is C18H18O5. The highest BCUT2D eigenvalue weighted by Gasteiger charge is 2.15. The largest absolute Gasteiger partial charge is 0.507 e. The van der Waals surface area contributed by atoms with Crippen molar-refractivity contribution in [3.05, 3.63) is 48.0 Å². The number of hydrogen-bond donors (Lipinski definition) is 1. The number of benzene rings is 2. The fourth-order valence-electron chi connectivity index (χ4n) is 2.19. The number of aliphatic hydroxyl groups excluding tert-OH is 1. The number of rotatable bonds is 6. The van der Waals surface area contributed by atoms with E-state index in [4.69, 9.17) is 4.74 Å². The van der Waals surface area contributed by atoms with E-state index in [0.29, 0.717) is 17.9 Å². The molecule has 2 aromatic carbocycles. The number of carbonyl (C=O) groups is 2. The molecule has 0 aliphatic rings. The van der Waals surface area contributed by atoms with Crippen molar-refractivity contribution < 1.29 is 24.2 Å². The van der Waals surface area contributed by atoms with Gasteiger partial charge in [0.1, 0.15) is 11.5 Å². The van der Waals surface area contributed by atoms with E-state index in [9.17, 15) is 14.7 Å². The van der Waals surface area contributed by atoms with E-state index in [0.717, 1.165) is 30.4 Å². The number of esters is 1. The van der Waals surface area contributed by atoms with Crippen molar-refractivity contribution in [1.82, 2.24) is 0 Å². The number of fused-ring (bicyclic) bond motifs is 1. The molecule has 5 nitrogen and oxygen atoms in total. The lowest BCUT2D eigenvalue weighted by atomic mass is 10.0. The second-order valence-electron chi connectivity index (χ2n) is 4.89. The standard InChI is InChI=1S/C18H18O5/c1-3-10-23-17-9-8-13(12-6-4-5-7-14(12)17)15(19)11-16(20)18(21)22-2/h4-9,11,19H,3,10H2,1-2H3/b15-11+. The summed E-state index contributed by atoms with van der Waals surface area (Å²) in [5, 5.41) is 11.7. The zero-order chi connectivity index (χ0) is 16.8. The lowest BCUT2D eigenvalue weighted by Crippen LogP contribution is -2.13. The van der Waals surface area contributed by atoms with Crippen LogP contribution in [0.5, 0.6) is 5.75 Å². The van der Waals surface area contributed by atoms with Gasteiger partial charge in [0.15, 0.2) is 0 Å². The quantitative estimate of drug-likeness (QED) is 0.383. The highest BCUT2D eigenvalue weighted by molar-refractivity contribution is 6.39. The third-order valence-corrected chi connectivity index (χ3v) is 3.28. The zero-order valence-corrected chi connectivity index (χ0v) is 13.0. The molecular weight excluding hydrogens is 296 g/mol. The van der Waals surface area contributed by atoms with Crippen molar-refractivity contribution in [3.63, 3.8) is 0 Å². The van der Waals surface area contributed by atoms with Crippen molar-refractivity contribution in [1.29, 1.82) is 0 Å². The lowest BCUT2D eigenvalue weighted by Gasteiger charge is -2.11. The highest BCUT2D eigenvalue weighted by atomic mass is 16.5. The highest BCUT2D eigenvalue weighted by Crippen LogP contribution is 2.31. The van der Waals surface area contributed by atoms with E-state index in [-0.39, 0.29) is 5.76 Å². The Morgan fingerprint density at radius 3 is 2.48 bits per heavy atom. The van der Waals surface area contributed by atoms with E-state index in [1.165, 1.54) is 0 Å². The topological polar surface area (TPSA) is 72.8 Å². The Balaban J connectivity index is 2.48. The average molecular weight is 314 g/mol. The first kappa shape index (κ1) is 16.5. The number of aliphatic hydroxyl groups is 1. The van der Waals surface area contributed by atoms with E-state index < -0.39 is 11.8 Å². The molecule has 5 heteroatoms. The normalized spacial score (nSPS) is 11.3. The Morgan fingerprint density at radius 1 is 1.13 bits per heavy atom. The third-order valence-electron chi connectivity index (χ3n) is 3.28. The zero-order valence-electron chi connectivity index (χ0n) is 13.0. The van der Waals surface area contributed by atoms with Gasteiger partial charge in [-0.15, -0.1) is 0 Å². The molecule has 0 aliphatic heterocycles. The van der Waals surface area contributed by atoms with Gasteiger partial charge in [-0.05, 0) is 23.9 Å². The number of ether oxygens (including phenoxy) is 2. The molecule has 2 rings (SSSR count). The Labute approximate surface area is 134 Å². The van der Waals surface area contributed by atoms with E-state index >= 15 is 0 Å². The Bertz CT molecular complexity index is 761. The molecule has 2 aromatic rings. The number of methoxy groups -OCH3 is 1. The first-order valence-corrected chi connectivity index (χ1v) is 7.26. The number of ketones is 1. The molecule has 0 spiro atoms. The van der Waals surface area contributed by atoms with Crippen LogP contribution in [0.4, 0.5) is 0 Å². The van der Waals surface area contributed by atoms with E-state index in [1.54, 1.807) is 12.1 Å². The van der Waals surface area contributed by atoms with Crippen LogP contribution < -0.4 is 4.74 Å². The fraction of sp³-hybridized carbons (Fsp3) is 0.222. The van der Waals surface area contributed by atoms with Crippen molar-refractivity contribution in [2.45, 2.75) is 13.3 Å². The second-order valence-corrected chi connectivity index (χ2v) is 4.89. The molecule has 0 radical (unpaired) electrons. The van der Waals surface area contributed by atoms with Crippen molar-refractivity contribution in [2.75, 3.05) is 13.7 Å². The molecule has 1 N–H and O–H groups in total. The van der Waals surface area contributed by atoms with Gasteiger partial charge in [-0.25, -0.2) is 4.79 Å². The maximum Gasteiger partial charge on any atom is 0.378 e. The molecule has 0 unspecified atom stereocenters. The summed E-state index contributed by atoms with van der Waals surface area (Å²) in [5.74, 6) is -1.53. The number of carbonyl (C=O) groups excluding carboxylic acids is 2. The maximum absolute atomic E-state index is 11.6. The second kappa shape index (κ2) is 7.45. The summed E-state index contributed by atoms with van der Waals surface area (Å²) < 4.78 is 10.0. The smallest absolute Gasteiger partial charge is 0.378 e. The minimum atomic E-state index is -1.02. The van der Waals surface area contributed by atoms with Crippen molar-refractivity contribution >= 4 is 28.3 Å². The lowest BCUT2D eigenvalue weighted by molar-refractivity contribution is -0.149. The third kappa shape index (κ3) is 3.69. The predicted octanol–water partition coefficient (Wildman–Crippen LogP) is 3.27. The first-order chi connectivity index (χ1) is 11.1. The van der Waals surface area contributed by atoms with Gasteiger partial charge in [0, 0.05) is 17.0 Å². The van der Waals surface area contributed by atoms with Gasteiger partial charge >= 0.3 is 5.97 Å². The van der Waals surface area contributed by atoms with Crippen LogP contribution >= 0.6 is 0 Å². The summed E-state index contributed by atoms with van der Waals surface area (Å²) in [5.41, 5.74) is 0.446. The summed E-state index contributed by atoms with van der Waals surface area (Å²) in [6, 6.07) is 10.8. The summed E-state index contributed by atoms with van der Waals surface area (Å²) in [7, 11) is 1.11.